The van der Waals surface area contributed by atoms with Gasteiger partial charge in [-0.2, -0.15) is 0 Å². The summed E-state index contributed by atoms with van der Waals surface area (Å²) in [6, 6.07) is 9.93. The predicted molar refractivity (Wildman–Crippen MR) is 49.9 cm³/mol. The van der Waals surface area contributed by atoms with Crippen molar-refractivity contribution in [2.24, 2.45) is 0 Å². The van der Waals surface area contributed by atoms with E-state index in [4.69, 9.17) is 5.73 Å². The van der Waals surface area contributed by atoms with Crippen molar-refractivity contribution in [3.63, 3.8) is 0 Å². The molecule has 0 unspecified atom stereocenters. The lowest BCUT2D eigenvalue weighted by molar-refractivity contribution is 1.53. The Morgan fingerprint density at radius 1 is 1.27 bits per heavy atom. The van der Waals surface area contributed by atoms with Crippen LogP contribution in [0.4, 0.5) is 5.69 Å². The molecule has 0 atom stereocenters. The standard InChI is InChI=1S/C8H8N2S/c9-8-3-1-7(2-4-8)5-6-10-11/h1-4,10-11H,9H2. The van der Waals surface area contributed by atoms with Gasteiger partial charge in [0.25, 0.3) is 0 Å². The average Bonchev–Trinajstić information content (AvgIpc) is 2.04. The number of hydrogen-bond donors (Lipinski definition) is 3. The Morgan fingerprint density at radius 2 is 1.91 bits per heavy atom. The highest BCUT2D eigenvalue weighted by Gasteiger charge is 1.84. The molecular weight excluding hydrogens is 156 g/mol. The molecule has 0 bridgehead atoms. The van der Waals surface area contributed by atoms with E-state index in [1.165, 1.54) is 0 Å². The van der Waals surface area contributed by atoms with E-state index < -0.39 is 0 Å². The zero-order valence-electron chi connectivity index (χ0n) is 5.83. The van der Waals surface area contributed by atoms with Crippen molar-refractivity contribution in [3.05, 3.63) is 29.8 Å². The van der Waals surface area contributed by atoms with Crippen LogP contribution in [0.5, 0.6) is 0 Å². The minimum absolute atomic E-state index is 0.745. The number of benzene rings is 1. The van der Waals surface area contributed by atoms with Crippen molar-refractivity contribution in [1.29, 1.82) is 0 Å². The molecule has 0 aliphatic carbocycles. The summed E-state index contributed by atoms with van der Waals surface area (Å²) in [6.07, 6.45) is 0. The first-order valence-electron chi connectivity index (χ1n) is 3.08. The fraction of sp³-hybridized carbons (Fsp3) is 0. The average molecular weight is 164 g/mol. The lowest BCUT2D eigenvalue weighted by atomic mass is 10.2. The van der Waals surface area contributed by atoms with Crippen molar-refractivity contribution in [2.75, 3.05) is 5.73 Å². The smallest absolute Gasteiger partial charge is 0.0314 e. The summed E-state index contributed by atoms with van der Waals surface area (Å²) in [4.78, 5) is 0. The van der Waals surface area contributed by atoms with Gasteiger partial charge < -0.3 is 5.73 Å². The zero-order valence-corrected chi connectivity index (χ0v) is 6.73. The number of rotatable bonds is 0. The van der Waals surface area contributed by atoms with Gasteiger partial charge in [0.2, 0.25) is 0 Å². The Bertz CT molecular complexity index is 281. The van der Waals surface area contributed by atoms with Crippen LogP contribution in [0.25, 0.3) is 0 Å². The van der Waals surface area contributed by atoms with Crippen molar-refractivity contribution < 1.29 is 0 Å². The third-order valence-corrected chi connectivity index (χ3v) is 1.29. The van der Waals surface area contributed by atoms with Crippen LogP contribution >= 0.6 is 12.8 Å². The van der Waals surface area contributed by atoms with E-state index in [0.29, 0.717) is 0 Å². The Kier molecular flexibility index (Phi) is 2.70. The minimum atomic E-state index is 0.745. The molecule has 0 amide bonds. The minimum Gasteiger partial charge on any atom is -0.399 e. The van der Waals surface area contributed by atoms with Gasteiger partial charge in [0, 0.05) is 17.3 Å². The first-order chi connectivity index (χ1) is 5.33. The SMILES string of the molecule is Nc1ccc(C#CNS)cc1. The molecule has 0 aliphatic rings. The summed E-state index contributed by atoms with van der Waals surface area (Å²) >= 11 is 3.72. The summed E-state index contributed by atoms with van der Waals surface area (Å²) in [6.45, 7) is 0. The lowest BCUT2D eigenvalue weighted by Crippen LogP contribution is -1.85. The lowest BCUT2D eigenvalue weighted by Gasteiger charge is -1.90. The second kappa shape index (κ2) is 3.79. The Balaban J connectivity index is 2.82. The predicted octanol–water partition coefficient (Wildman–Crippen LogP) is 1.01. The van der Waals surface area contributed by atoms with E-state index >= 15 is 0 Å². The quantitative estimate of drug-likeness (QED) is 0.232. The molecule has 1 aromatic rings. The van der Waals surface area contributed by atoms with Crippen LogP contribution in [0.3, 0.4) is 0 Å². The zero-order chi connectivity index (χ0) is 8.10. The normalized spacial score (nSPS) is 8.09. The third-order valence-electron chi connectivity index (χ3n) is 1.17. The van der Waals surface area contributed by atoms with Gasteiger partial charge in [-0.3, -0.25) is 4.72 Å². The summed E-state index contributed by atoms with van der Waals surface area (Å²) < 4.78 is 2.43. The molecule has 3 N–H and O–H groups in total. The van der Waals surface area contributed by atoms with E-state index in [2.05, 4.69) is 29.5 Å². The van der Waals surface area contributed by atoms with Gasteiger partial charge in [0.1, 0.15) is 0 Å². The molecule has 0 radical (unpaired) electrons. The summed E-state index contributed by atoms with van der Waals surface area (Å²) in [5.74, 6) is 2.83. The fourth-order valence-electron chi connectivity index (χ4n) is 0.667. The highest BCUT2D eigenvalue weighted by atomic mass is 32.1. The molecule has 3 heteroatoms. The Hall–Kier alpha value is -1.27. The van der Waals surface area contributed by atoms with Gasteiger partial charge in [0.05, 0.1) is 0 Å². The van der Waals surface area contributed by atoms with Gasteiger partial charge in [-0.25, -0.2) is 0 Å². The van der Waals surface area contributed by atoms with Crippen LogP contribution in [-0.2, 0) is 0 Å². The second-order valence-electron chi connectivity index (χ2n) is 1.98. The van der Waals surface area contributed by atoms with Crippen molar-refractivity contribution in [2.45, 2.75) is 0 Å². The van der Waals surface area contributed by atoms with Crippen molar-refractivity contribution in [1.82, 2.24) is 4.72 Å². The number of thiol groups is 1. The molecule has 56 valence electrons. The van der Waals surface area contributed by atoms with Crippen molar-refractivity contribution >= 4 is 18.5 Å². The topological polar surface area (TPSA) is 38.0 Å². The maximum Gasteiger partial charge on any atom is 0.0314 e. The molecule has 0 spiro atoms. The highest BCUT2D eigenvalue weighted by Crippen LogP contribution is 2.02. The molecule has 0 fully saturated rings. The summed E-state index contributed by atoms with van der Waals surface area (Å²) in [5.41, 5.74) is 7.14. The fourth-order valence-corrected chi connectivity index (χ4v) is 0.722. The van der Waals surface area contributed by atoms with Crippen LogP contribution in [0.15, 0.2) is 24.3 Å². The van der Waals surface area contributed by atoms with Gasteiger partial charge >= 0.3 is 0 Å². The molecule has 0 aliphatic heterocycles. The van der Waals surface area contributed by atoms with Crippen LogP contribution in [0, 0.1) is 12.0 Å². The largest absolute Gasteiger partial charge is 0.399 e. The monoisotopic (exact) mass is 164 g/mol. The van der Waals surface area contributed by atoms with Crippen LogP contribution < -0.4 is 10.5 Å². The highest BCUT2D eigenvalue weighted by molar-refractivity contribution is 7.78. The molecule has 0 saturated heterocycles. The summed E-state index contributed by atoms with van der Waals surface area (Å²) in [5, 5.41) is 0. The van der Waals surface area contributed by atoms with Crippen molar-refractivity contribution in [3.8, 4) is 12.0 Å². The number of nitrogen functional groups attached to an aromatic ring is 1. The van der Waals surface area contributed by atoms with Crippen LogP contribution in [0.2, 0.25) is 0 Å². The molecule has 1 rings (SSSR count). The molecule has 11 heavy (non-hydrogen) atoms. The number of hydrogen-bond acceptors (Lipinski definition) is 3. The van der Waals surface area contributed by atoms with Crippen LogP contribution in [0.1, 0.15) is 5.56 Å². The molecule has 0 heterocycles. The number of nitrogens with one attached hydrogen (secondary N) is 1. The molecule has 2 nitrogen and oxygen atoms in total. The van der Waals surface area contributed by atoms with Gasteiger partial charge in [-0.05, 0) is 30.2 Å². The first kappa shape index (κ1) is 7.83. The summed E-state index contributed by atoms with van der Waals surface area (Å²) in [7, 11) is 0. The Morgan fingerprint density at radius 3 is 2.45 bits per heavy atom. The van der Waals surface area contributed by atoms with E-state index in [0.717, 1.165) is 11.3 Å². The van der Waals surface area contributed by atoms with Crippen LogP contribution in [-0.4, -0.2) is 0 Å². The van der Waals surface area contributed by atoms with E-state index in [-0.39, 0.29) is 0 Å². The van der Waals surface area contributed by atoms with E-state index in [1.807, 2.05) is 24.3 Å². The van der Waals surface area contributed by atoms with Gasteiger partial charge in [-0.15, -0.1) is 0 Å². The molecule has 0 saturated carbocycles. The first-order valence-corrected chi connectivity index (χ1v) is 3.53. The maximum atomic E-state index is 5.48. The number of nitrogens with two attached hydrogens (primary N) is 1. The van der Waals surface area contributed by atoms with E-state index in [1.54, 1.807) is 0 Å². The molecular formula is C8H8N2S. The Labute approximate surface area is 71.3 Å². The van der Waals surface area contributed by atoms with Gasteiger partial charge in [-0.1, -0.05) is 12.8 Å². The third kappa shape index (κ3) is 2.44. The molecule has 1 aromatic carbocycles. The maximum absolute atomic E-state index is 5.48. The molecule has 0 aromatic heterocycles. The second-order valence-corrected chi connectivity index (χ2v) is 2.21. The van der Waals surface area contributed by atoms with Gasteiger partial charge in [0.15, 0.2) is 0 Å². The number of anilines is 1. The van der Waals surface area contributed by atoms with E-state index in [9.17, 15) is 0 Å².